The van der Waals surface area contributed by atoms with Crippen LogP contribution in [0.1, 0.15) is 22.3 Å². The Morgan fingerprint density at radius 2 is 1.68 bits per heavy atom. The fourth-order valence-electron chi connectivity index (χ4n) is 3.45. The highest BCUT2D eigenvalue weighted by atomic mass is 16.5. The SMILES string of the molecule is Cc1ccc(-c2cc(-c3cccc(OCc4ccccc4)c3)c(C#N)c(N)n2)cc1C. The van der Waals surface area contributed by atoms with E-state index in [0.717, 1.165) is 33.7 Å². The molecule has 4 heteroatoms. The quantitative estimate of drug-likeness (QED) is 0.438. The first-order valence-corrected chi connectivity index (χ1v) is 10.1. The van der Waals surface area contributed by atoms with Gasteiger partial charge in [0.05, 0.1) is 5.69 Å². The Bertz CT molecular complexity index is 1270. The summed E-state index contributed by atoms with van der Waals surface area (Å²) in [5, 5.41) is 9.72. The van der Waals surface area contributed by atoms with E-state index in [1.54, 1.807) is 0 Å². The van der Waals surface area contributed by atoms with Crippen LogP contribution in [0.25, 0.3) is 22.4 Å². The van der Waals surface area contributed by atoms with Crippen molar-refractivity contribution in [1.82, 2.24) is 4.98 Å². The molecule has 152 valence electrons. The Morgan fingerprint density at radius 3 is 2.42 bits per heavy atom. The van der Waals surface area contributed by atoms with Gasteiger partial charge < -0.3 is 10.5 Å². The van der Waals surface area contributed by atoms with Crippen LogP contribution in [0.2, 0.25) is 0 Å². The van der Waals surface area contributed by atoms with E-state index in [1.165, 1.54) is 11.1 Å². The lowest BCUT2D eigenvalue weighted by Crippen LogP contribution is -2.00. The third kappa shape index (κ3) is 4.41. The van der Waals surface area contributed by atoms with Crippen LogP contribution in [0.3, 0.4) is 0 Å². The minimum absolute atomic E-state index is 0.226. The second-order valence-corrected chi connectivity index (χ2v) is 7.53. The predicted molar refractivity (Wildman–Crippen MR) is 124 cm³/mol. The first kappa shape index (κ1) is 20.2. The van der Waals surface area contributed by atoms with Crippen molar-refractivity contribution in [2.24, 2.45) is 0 Å². The van der Waals surface area contributed by atoms with Crippen LogP contribution in [0.15, 0.2) is 78.9 Å². The summed E-state index contributed by atoms with van der Waals surface area (Å²) in [6.45, 7) is 4.62. The normalized spacial score (nSPS) is 10.5. The van der Waals surface area contributed by atoms with Crippen LogP contribution in [0.4, 0.5) is 5.82 Å². The number of rotatable bonds is 5. The molecule has 0 radical (unpaired) electrons. The number of nitriles is 1. The number of nitrogen functional groups attached to an aromatic ring is 1. The van der Waals surface area contributed by atoms with Crippen molar-refractivity contribution in [3.63, 3.8) is 0 Å². The molecule has 0 saturated carbocycles. The van der Waals surface area contributed by atoms with E-state index in [0.29, 0.717) is 12.2 Å². The summed E-state index contributed by atoms with van der Waals surface area (Å²) in [5.74, 6) is 0.956. The Hall–Kier alpha value is -4.10. The van der Waals surface area contributed by atoms with Gasteiger partial charge >= 0.3 is 0 Å². The fourth-order valence-corrected chi connectivity index (χ4v) is 3.45. The summed E-state index contributed by atoms with van der Waals surface area (Å²) < 4.78 is 5.97. The molecule has 1 heterocycles. The second kappa shape index (κ2) is 8.73. The zero-order valence-electron chi connectivity index (χ0n) is 17.6. The summed E-state index contributed by atoms with van der Waals surface area (Å²) in [6, 6.07) is 28.0. The molecule has 0 amide bonds. The molecule has 0 aliphatic rings. The Kier molecular flexibility index (Phi) is 5.68. The predicted octanol–water partition coefficient (Wildman–Crippen LogP) is 6.07. The highest BCUT2D eigenvalue weighted by molar-refractivity contribution is 5.80. The summed E-state index contributed by atoms with van der Waals surface area (Å²) in [6.07, 6.45) is 0. The zero-order valence-corrected chi connectivity index (χ0v) is 17.6. The topological polar surface area (TPSA) is 71.9 Å². The molecule has 4 aromatic rings. The van der Waals surface area contributed by atoms with Crippen LogP contribution in [0, 0.1) is 25.2 Å². The molecule has 0 bridgehead atoms. The molecular formula is C27H23N3O. The summed E-state index contributed by atoms with van der Waals surface area (Å²) in [7, 11) is 0. The molecule has 0 unspecified atom stereocenters. The van der Waals surface area contributed by atoms with E-state index in [1.807, 2.05) is 66.7 Å². The molecule has 3 aromatic carbocycles. The number of benzene rings is 3. The molecule has 4 rings (SSSR count). The standard InChI is InChI=1S/C27H23N3O/c1-18-11-12-22(13-19(18)2)26-15-24(25(16-28)27(29)30-26)21-9-6-10-23(14-21)31-17-20-7-4-3-5-8-20/h3-15H,17H2,1-2H3,(H2,29,30). The number of anilines is 1. The lowest BCUT2D eigenvalue weighted by Gasteiger charge is -2.13. The van der Waals surface area contributed by atoms with E-state index in [9.17, 15) is 5.26 Å². The smallest absolute Gasteiger partial charge is 0.142 e. The summed E-state index contributed by atoms with van der Waals surface area (Å²) in [4.78, 5) is 4.49. The third-order valence-electron chi connectivity index (χ3n) is 5.36. The average molecular weight is 406 g/mol. The number of nitrogens with zero attached hydrogens (tertiary/aromatic N) is 2. The Labute approximate surface area is 182 Å². The minimum Gasteiger partial charge on any atom is -0.489 e. The molecule has 0 fully saturated rings. The van der Waals surface area contributed by atoms with Crippen molar-refractivity contribution in [1.29, 1.82) is 5.26 Å². The van der Waals surface area contributed by atoms with E-state index in [2.05, 4.69) is 37.0 Å². The summed E-state index contributed by atoms with van der Waals surface area (Å²) in [5.41, 5.74) is 13.4. The fraction of sp³-hybridized carbons (Fsp3) is 0.111. The maximum absolute atomic E-state index is 9.72. The second-order valence-electron chi connectivity index (χ2n) is 7.53. The molecule has 0 atom stereocenters. The van der Waals surface area contributed by atoms with Gasteiger partial charge in [-0.2, -0.15) is 5.26 Å². The van der Waals surface area contributed by atoms with Gasteiger partial charge in [0.1, 0.15) is 29.8 Å². The maximum Gasteiger partial charge on any atom is 0.142 e. The maximum atomic E-state index is 9.72. The van der Waals surface area contributed by atoms with Crippen molar-refractivity contribution in [2.75, 3.05) is 5.73 Å². The molecule has 0 aliphatic carbocycles. The molecule has 0 saturated heterocycles. The van der Waals surface area contributed by atoms with Gasteiger partial charge in [-0.1, -0.05) is 54.6 Å². The average Bonchev–Trinajstić information content (AvgIpc) is 2.80. The lowest BCUT2D eigenvalue weighted by atomic mass is 9.97. The summed E-state index contributed by atoms with van der Waals surface area (Å²) >= 11 is 0. The van der Waals surface area contributed by atoms with E-state index in [4.69, 9.17) is 10.5 Å². The van der Waals surface area contributed by atoms with Crippen molar-refractivity contribution < 1.29 is 4.74 Å². The highest BCUT2D eigenvalue weighted by Crippen LogP contribution is 2.33. The Balaban J connectivity index is 1.72. The van der Waals surface area contributed by atoms with Crippen LogP contribution in [-0.4, -0.2) is 4.98 Å². The van der Waals surface area contributed by atoms with Crippen molar-refractivity contribution >= 4 is 5.82 Å². The highest BCUT2D eigenvalue weighted by Gasteiger charge is 2.14. The van der Waals surface area contributed by atoms with Gasteiger partial charge in [-0.15, -0.1) is 0 Å². The molecule has 0 spiro atoms. The van der Waals surface area contributed by atoms with E-state index in [-0.39, 0.29) is 5.82 Å². The Morgan fingerprint density at radius 1 is 0.871 bits per heavy atom. The van der Waals surface area contributed by atoms with Gasteiger partial charge in [0, 0.05) is 11.1 Å². The molecule has 1 aromatic heterocycles. The van der Waals surface area contributed by atoms with Gasteiger partial charge in [0.15, 0.2) is 0 Å². The number of nitrogens with two attached hydrogens (primary N) is 1. The van der Waals surface area contributed by atoms with Crippen molar-refractivity contribution in [2.45, 2.75) is 20.5 Å². The lowest BCUT2D eigenvalue weighted by molar-refractivity contribution is 0.306. The number of ether oxygens (including phenoxy) is 1. The molecule has 2 N–H and O–H groups in total. The van der Waals surface area contributed by atoms with Crippen LogP contribution < -0.4 is 10.5 Å². The van der Waals surface area contributed by atoms with Crippen LogP contribution >= 0.6 is 0 Å². The molecular weight excluding hydrogens is 382 g/mol. The number of aromatic nitrogens is 1. The van der Waals surface area contributed by atoms with E-state index >= 15 is 0 Å². The zero-order chi connectivity index (χ0) is 21.8. The first-order valence-electron chi connectivity index (χ1n) is 10.1. The van der Waals surface area contributed by atoms with Crippen molar-refractivity contribution in [3.05, 3.63) is 101 Å². The largest absolute Gasteiger partial charge is 0.489 e. The van der Waals surface area contributed by atoms with Crippen LogP contribution in [0.5, 0.6) is 5.75 Å². The van der Waals surface area contributed by atoms with Gasteiger partial charge in [-0.25, -0.2) is 4.98 Å². The van der Waals surface area contributed by atoms with E-state index < -0.39 is 0 Å². The third-order valence-corrected chi connectivity index (χ3v) is 5.36. The van der Waals surface area contributed by atoms with Crippen molar-refractivity contribution in [3.8, 4) is 34.2 Å². The first-order chi connectivity index (χ1) is 15.0. The minimum atomic E-state index is 0.226. The number of aryl methyl sites for hydroxylation is 2. The van der Waals surface area contributed by atoms with Gasteiger partial charge in [-0.05, 0) is 60.4 Å². The molecule has 4 nitrogen and oxygen atoms in total. The number of hydrogen-bond donors (Lipinski definition) is 1. The van der Waals surface area contributed by atoms with Gasteiger partial charge in [0.25, 0.3) is 0 Å². The van der Waals surface area contributed by atoms with Gasteiger partial charge in [-0.3, -0.25) is 0 Å². The monoisotopic (exact) mass is 405 g/mol. The van der Waals surface area contributed by atoms with Gasteiger partial charge in [0.2, 0.25) is 0 Å². The molecule has 0 aliphatic heterocycles. The van der Waals surface area contributed by atoms with Crippen LogP contribution in [-0.2, 0) is 6.61 Å². The number of pyridine rings is 1. The molecule has 31 heavy (non-hydrogen) atoms. The number of hydrogen-bond acceptors (Lipinski definition) is 4.